The van der Waals surface area contributed by atoms with Crippen molar-refractivity contribution in [3.8, 4) is 0 Å². The maximum absolute atomic E-state index is 13.2. The highest BCUT2D eigenvalue weighted by Gasteiger charge is 2.47. The number of aryl methyl sites for hydroxylation is 1. The fraction of sp³-hybridized carbons (Fsp3) is 0.545. The van der Waals surface area contributed by atoms with Crippen LogP contribution in [0.1, 0.15) is 33.5 Å². The number of rotatable bonds is 2. The number of fused-ring (bicyclic) bond motifs is 2. The van der Waals surface area contributed by atoms with Crippen LogP contribution in [0.4, 0.5) is 0 Å². The highest BCUT2D eigenvalue weighted by Crippen LogP contribution is 2.45. The molecule has 2 fully saturated rings. The molecule has 2 saturated heterocycles. The Hall–Kier alpha value is -2.18. The van der Waals surface area contributed by atoms with E-state index >= 15 is 0 Å². The average Bonchev–Trinajstić information content (AvgIpc) is 3.30. The third-order valence-electron chi connectivity index (χ3n) is 6.82. The maximum atomic E-state index is 13.2. The highest BCUT2D eigenvalue weighted by atomic mass is 16.2. The second-order valence-electron chi connectivity index (χ2n) is 8.61. The van der Waals surface area contributed by atoms with E-state index in [4.69, 9.17) is 0 Å². The summed E-state index contributed by atoms with van der Waals surface area (Å²) in [5.41, 5.74) is 3.38. The number of amides is 1. The lowest BCUT2D eigenvalue weighted by Gasteiger charge is -2.27. The smallest absolute Gasteiger partial charge is 0.274 e. The fourth-order valence-corrected chi connectivity index (χ4v) is 5.45. The molecule has 148 valence electrons. The number of hydrogen-bond donors (Lipinski definition) is 1. The van der Waals surface area contributed by atoms with Gasteiger partial charge in [-0.25, -0.2) is 4.98 Å². The molecule has 3 aliphatic heterocycles. The molecular weight excluding hydrogens is 350 g/mol. The molecule has 28 heavy (non-hydrogen) atoms. The van der Waals surface area contributed by atoms with Crippen LogP contribution in [0.15, 0.2) is 30.5 Å². The third-order valence-corrected chi connectivity index (χ3v) is 6.82. The van der Waals surface area contributed by atoms with Crippen LogP contribution < -0.4 is 5.32 Å². The molecule has 3 aliphatic rings. The average molecular weight is 380 g/mol. The van der Waals surface area contributed by atoms with Crippen LogP contribution in [0.2, 0.25) is 0 Å². The lowest BCUT2D eigenvalue weighted by atomic mass is 9.88. The topological polar surface area (TPSA) is 53.4 Å². The van der Waals surface area contributed by atoms with Crippen molar-refractivity contribution >= 4 is 5.91 Å². The number of aromatic nitrogens is 2. The molecule has 1 aromatic heterocycles. The molecule has 6 nitrogen and oxygen atoms in total. The Bertz CT molecular complexity index is 867. The molecular formula is C22H29N5O. The Balaban J connectivity index is 1.36. The first-order valence-electron chi connectivity index (χ1n) is 10.4. The monoisotopic (exact) mass is 379 g/mol. The van der Waals surface area contributed by atoms with E-state index in [0.717, 1.165) is 51.5 Å². The molecule has 2 aromatic rings. The van der Waals surface area contributed by atoms with E-state index in [-0.39, 0.29) is 5.91 Å². The summed E-state index contributed by atoms with van der Waals surface area (Å²) in [5, 5.41) is 3.38. The van der Waals surface area contributed by atoms with Gasteiger partial charge in [-0.15, -0.1) is 0 Å². The van der Waals surface area contributed by atoms with Crippen molar-refractivity contribution in [2.24, 2.45) is 11.8 Å². The zero-order valence-corrected chi connectivity index (χ0v) is 16.8. The zero-order valence-electron chi connectivity index (χ0n) is 16.8. The molecule has 0 saturated carbocycles. The van der Waals surface area contributed by atoms with E-state index in [1.165, 1.54) is 11.1 Å². The van der Waals surface area contributed by atoms with Crippen LogP contribution in [0.3, 0.4) is 0 Å². The molecule has 1 N–H and O–H groups in total. The summed E-state index contributed by atoms with van der Waals surface area (Å²) < 4.78 is 2.15. The molecule has 0 bridgehead atoms. The molecule has 0 spiro atoms. The number of nitrogens with one attached hydrogen (secondary N) is 1. The van der Waals surface area contributed by atoms with Gasteiger partial charge in [0.05, 0.1) is 0 Å². The van der Waals surface area contributed by atoms with Gasteiger partial charge in [0.1, 0.15) is 11.5 Å². The summed E-state index contributed by atoms with van der Waals surface area (Å²) in [7, 11) is 2.22. The summed E-state index contributed by atoms with van der Waals surface area (Å²) in [4.78, 5) is 22.4. The lowest BCUT2D eigenvalue weighted by Crippen LogP contribution is -2.33. The van der Waals surface area contributed by atoms with Crippen molar-refractivity contribution in [2.75, 3.05) is 39.8 Å². The summed E-state index contributed by atoms with van der Waals surface area (Å²) in [5.74, 6) is 2.18. The van der Waals surface area contributed by atoms with Gasteiger partial charge in [-0.05, 0) is 31.0 Å². The van der Waals surface area contributed by atoms with Crippen LogP contribution >= 0.6 is 0 Å². The van der Waals surface area contributed by atoms with Crippen molar-refractivity contribution in [2.45, 2.75) is 25.9 Å². The lowest BCUT2D eigenvalue weighted by molar-refractivity contribution is 0.0762. The van der Waals surface area contributed by atoms with Crippen LogP contribution in [0.5, 0.6) is 0 Å². The molecule has 4 heterocycles. The third kappa shape index (κ3) is 2.95. The van der Waals surface area contributed by atoms with E-state index in [1.54, 1.807) is 0 Å². The van der Waals surface area contributed by atoms with E-state index < -0.39 is 0 Å². The van der Waals surface area contributed by atoms with Gasteiger partial charge in [-0.1, -0.05) is 24.3 Å². The Kier molecular flexibility index (Phi) is 4.48. The molecule has 6 heteroatoms. The Labute approximate surface area is 166 Å². The quantitative estimate of drug-likeness (QED) is 0.863. The summed E-state index contributed by atoms with van der Waals surface area (Å²) >= 11 is 0. The fourth-order valence-electron chi connectivity index (χ4n) is 5.45. The van der Waals surface area contributed by atoms with Gasteiger partial charge in [0, 0.05) is 63.8 Å². The van der Waals surface area contributed by atoms with E-state index in [0.29, 0.717) is 23.6 Å². The maximum Gasteiger partial charge on any atom is 0.274 e. The molecule has 1 amide bonds. The number of nitrogens with zero attached hydrogens (tertiary/aromatic N) is 4. The van der Waals surface area contributed by atoms with Gasteiger partial charge in [-0.2, -0.15) is 0 Å². The van der Waals surface area contributed by atoms with Crippen molar-refractivity contribution in [1.29, 1.82) is 0 Å². The minimum absolute atomic E-state index is 0.106. The van der Waals surface area contributed by atoms with Gasteiger partial charge >= 0.3 is 0 Å². The minimum Gasteiger partial charge on any atom is -0.337 e. The number of hydrogen-bond acceptors (Lipinski definition) is 4. The molecule has 5 rings (SSSR count). The number of benzene rings is 1. The van der Waals surface area contributed by atoms with Crippen LogP contribution in [-0.2, 0) is 13.0 Å². The van der Waals surface area contributed by atoms with Gasteiger partial charge in [0.25, 0.3) is 5.91 Å². The van der Waals surface area contributed by atoms with Gasteiger partial charge < -0.3 is 14.8 Å². The second kappa shape index (κ2) is 7.01. The number of carbonyl (C=O) groups is 1. The first-order valence-corrected chi connectivity index (χ1v) is 10.4. The van der Waals surface area contributed by atoms with E-state index in [2.05, 4.69) is 58.0 Å². The van der Waals surface area contributed by atoms with Gasteiger partial charge in [-0.3, -0.25) is 9.69 Å². The predicted molar refractivity (Wildman–Crippen MR) is 108 cm³/mol. The molecule has 0 unspecified atom stereocenters. The normalized spacial score (nSPS) is 27.5. The number of carbonyl (C=O) groups excluding carboxylic acids is 1. The predicted octanol–water partition coefficient (Wildman–Crippen LogP) is 1.71. The Morgan fingerprint density at radius 1 is 1.18 bits per heavy atom. The zero-order chi connectivity index (χ0) is 19.3. The van der Waals surface area contributed by atoms with Crippen LogP contribution in [0.25, 0.3) is 0 Å². The van der Waals surface area contributed by atoms with Crippen molar-refractivity contribution in [3.05, 3.63) is 53.1 Å². The van der Waals surface area contributed by atoms with Crippen LogP contribution in [-0.4, -0.2) is 65.0 Å². The number of likely N-dealkylation sites (tertiary alicyclic amines) is 2. The summed E-state index contributed by atoms with van der Waals surface area (Å²) in [6.07, 6.45) is 2.85. The van der Waals surface area contributed by atoms with Crippen molar-refractivity contribution in [3.63, 3.8) is 0 Å². The largest absolute Gasteiger partial charge is 0.337 e. The Morgan fingerprint density at radius 2 is 2.04 bits per heavy atom. The summed E-state index contributed by atoms with van der Waals surface area (Å²) in [6.45, 7) is 7.69. The van der Waals surface area contributed by atoms with Gasteiger partial charge in [0.2, 0.25) is 0 Å². The molecule has 3 atom stereocenters. The molecule has 1 aromatic carbocycles. The Morgan fingerprint density at radius 3 is 2.89 bits per heavy atom. The molecule has 0 aliphatic carbocycles. The van der Waals surface area contributed by atoms with E-state index in [1.807, 2.05) is 11.1 Å². The first-order chi connectivity index (χ1) is 13.6. The second-order valence-corrected chi connectivity index (χ2v) is 8.61. The van der Waals surface area contributed by atoms with Gasteiger partial charge in [0.15, 0.2) is 0 Å². The highest BCUT2D eigenvalue weighted by molar-refractivity contribution is 5.92. The minimum atomic E-state index is 0.106. The van der Waals surface area contributed by atoms with Crippen molar-refractivity contribution < 1.29 is 4.79 Å². The SMILES string of the molecule is Cc1ccccc1[C@H]1[C@@H]2CN(C(=O)c3cn4c(n3)CCNCC4)C[C@@H]2CN1C. The van der Waals surface area contributed by atoms with Crippen LogP contribution in [0, 0.1) is 18.8 Å². The first kappa shape index (κ1) is 17.9. The standard InChI is InChI=1S/C22H29N5O/c1-15-5-3-4-6-17(15)21-18-13-27(12-16(18)11-25(21)2)22(28)19-14-26-10-9-23-8-7-20(26)24-19/h3-6,14,16,18,21,23H,7-13H2,1-2H3/t16-,18+,21-/m0/s1. The van der Waals surface area contributed by atoms with E-state index in [9.17, 15) is 4.79 Å². The van der Waals surface area contributed by atoms with Crippen molar-refractivity contribution in [1.82, 2.24) is 24.7 Å². The summed E-state index contributed by atoms with van der Waals surface area (Å²) in [6, 6.07) is 9.09. The molecule has 0 radical (unpaired) electrons. The number of imidazole rings is 1.